The highest BCUT2D eigenvalue weighted by Crippen LogP contribution is 2.17. The fraction of sp³-hybridized carbons (Fsp3) is 0.588. The van der Waals surface area contributed by atoms with Crippen molar-refractivity contribution in [3.8, 4) is 5.75 Å². The largest absolute Gasteiger partial charge is 0.497 e. The number of hydrogen-bond acceptors (Lipinski definition) is 2. The van der Waals surface area contributed by atoms with E-state index in [1.165, 1.54) is 44.1 Å². The van der Waals surface area contributed by atoms with Gasteiger partial charge in [0.2, 0.25) is 0 Å². The predicted octanol–water partition coefficient (Wildman–Crippen LogP) is 3.42. The topological polar surface area (TPSA) is 33.3 Å². The van der Waals surface area contributed by atoms with Gasteiger partial charge in [0.25, 0.3) is 0 Å². The zero-order chi connectivity index (χ0) is 14.9. The summed E-state index contributed by atoms with van der Waals surface area (Å²) in [6, 6.07) is 8.76. The van der Waals surface area contributed by atoms with Gasteiger partial charge >= 0.3 is 0 Å². The Kier molecular flexibility index (Phi) is 6.80. The molecule has 0 saturated heterocycles. The number of thiocarbonyl (C=S) groups is 1. The SMILES string of the molecule is COc1ccc(CCNC(=S)NC2CCCCCC2)cc1. The van der Waals surface area contributed by atoms with Crippen LogP contribution < -0.4 is 15.4 Å². The van der Waals surface area contributed by atoms with Crippen molar-refractivity contribution in [2.45, 2.75) is 51.0 Å². The van der Waals surface area contributed by atoms with Gasteiger partial charge in [0.15, 0.2) is 5.11 Å². The number of nitrogens with one attached hydrogen (secondary N) is 2. The van der Waals surface area contributed by atoms with Crippen molar-refractivity contribution in [1.82, 2.24) is 10.6 Å². The Morgan fingerprint density at radius 2 is 1.81 bits per heavy atom. The molecule has 2 N–H and O–H groups in total. The van der Waals surface area contributed by atoms with Crippen molar-refractivity contribution in [3.05, 3.63) is 29.8 Å². The summed E-state index contributed by atoms with van der Waals surface area (Å²) in [4.78, 5) is 0. The maximum atomic E-state index is 5.39. The third kappa shape index (κ3) is 5.92. The van der Waals surface area contributed by atoms with E-state index in [9.17, 15) is 0 Å². The van der Waals surface area contributed by atoms with Crippen molar-refractivity contribution in [2.75, 3.05) is 13.7 Å². The Morgan fingerprint density at radius 3 is 2.43 bits per heavy atom. The Labute approximate surface area is 133 Å². The van der Waals surface area contributed by atoms with Crippen LogP contribution in [0.1, 0.15) is 44.1 Å². The van der Waals surface area contributed by atoms with Gasteiger partial charge in [-0.2, -0.15) is 0 Å². The van der Waals surface area contributed by atoms with E-state index in [4.69, 9.17) is 17.0 Å². The molecule has 116 valence electrons. The normalized spacial score (nSPS) is 16.0. The van der Waals surface area contributed by atoms with E-state index in [2.05, 4.69) is 22.8 Å². The molecule has 1 fully saturated rings. The van der Waals surface area contributed by atoms with Crippen LogP contribution in [0.15, 0.2) is 24.3 Å². The Morgan fingerprint density at radius 1 is 1.14 bits per heavy atom. The molecule has 1 aromatic carbocycles. The van der Waals surface area contributed by atoms with Crippen molar-refractivity contribution >= 4 is 17.3 Å². The molecule has 2 rings (SSSR count). The van der Waals surface area contributed by atoms with Gasteiger partial charge < -0.3 is 15.4 Å². The minimum atomic E-state index is 0.563. The van der Waals surface area contributed by atoms with Gasteiger partial charge in [0.1, 0.15) is 5.75 Å². The van der Waals surface area contributed by atoms with Gasteiger partial charge in [-0.1, -0.05) is 37.8 Å². The molecule has 0 bridgehead atoms. The zero-order valence-corrected chi connectivity index (χ0v) is 13.7. The average molecular weight is 306 g/mol. The molecule has 1 aliphatic rings. The van der Waals surface area contributed by atoms with E-state index >= 15 is 0 Å². The minimum absolute atomic E-state index is 0.563. The first-order valence-electron chi connectivity index (χ1n) is 7.95. The van der Waals surface area contributed by atoms with Gasteiger partial charge in [0, 0.05) is 12.6 Å². The number of rotatable bonds is 5. The molecule has 1 saturated carbocycles. The first-order chi connectivity index (χ1) is 10.3. The lowest BCUT2D eigenvalue weighted by Crippen LogP contribution is -2.42. The van der Waals surface area contributed by atoms with Crippen LogP contribution in [0.5, 0.6) is 5.75 Å². The molecule has 0 heterocycles. The van der Waals surface area contributed by atoms with Crippen LogP contribution in [-0.4, -0.2) is 24.8 Å². The first-order valence-corrected chi connectivity index (χ1v) is 8.36. The zero-order valence-electron chi connectivity index (χ0n) is 12.9. The average Bonchev–Trinajstić information content (AvgIpc) is 2.76. The van der Waals surface area contributed by atoms with Crippen LogP contribution in [0.4, 0.5) is 0 Å². The number of benzene rings is 1. The van der Waals surface area contributed by atoms with Gasteiger partial charge in [-0.3, -0.25) is 0 Å². The van der Waals surface area contributed by atoms with E-state index in [-0.39, 0.29) is 0 Å². The molecule has 0 amide bonds. The summed E-state index contributed by atoms with van der Waals surface area (Å²) < 4.78 is 5.16. The highest BCUT2D eigenvalue weighted by molar-refractivity contribution is 7.80. The van der Waals surface area contributed by atoms with Crippen LogP contribution in [-0.2, 0) is 6.42 Å². The van der Waals surface area contributed by atoms with Crippen LogP contribution in [0.2, 0.25) is 0 Å². The highest BCUT2D eigenvalue weighted by atomic mass is 32.1. The molecule has 4 heteroatoms. The lowest BCUT2D eigenvalue weighted by Gasteiger charge is -2.19. The molecule has 0 spiro atoms. The maximum absolute atomic E-state index is 5.39. The summed E-state index contributed by atoms with van der Waals surface area (Å²) in [7, 11) is 1.69. The smallest absolute Gasteiger partial charge is 0.166 e. The standard InChI is InChI=1S/C17H26N2OS/c1-20-16-10-8-14(9-11-16)12-13-18-17(21)19-15-6-4-2-3-5-7-15/h8-11,15H,2-7,12-13H2,1H3,(H2,18,19,21). The summed E-state index contributed by atoms with van der Waals surface area (Å²) >= 11 is 5.39. The summed E-state index contributed by atoms with van der Waals surface area (Å²) in [5.41, 5.74) is 1.29. The molecule has 0 radical (unpaired) electrons. The quantitative estimate of drug-likeness (QED) is 0.645. The van der Waals surface area contributed by atoms with E-state index in [1.54, 1.807) is 7.11 Å². The highest BCUT2D eigenvalue weighted by Gasteiger charge is 2.12. The lowest BCUT2D eigenvalue weighted by atomic mass is 10.1. The second-order valence-electron chi connectivity index (χ2n) is 5.69. The summed E-state index contributed by atoms with van der Waals surface area (Å²) in [5.74, 6) is 0.900. The summed E-state index contributed by atoms with van der Waals surface area (Å²) in [6.45, 7) is 0.866. The van der Waals surface area contributed by atoms with Gasteiger partial charge in [-0.25, -0.2) is 0 Å². The Balaban J connectivity index is 1.66. The van der Waals surface area contributed by atoms with Gasteiger partial charge in [0.05, 0.1) is 7.11 Å². The third-order valence-electron chi connectivity index (χ3n) is 4.05. The van der Waals surface area contributed by atoms with Crippen LogP contribution in [0.3, 0.4) is 0 Å². The first kappa shape index (κ1) is 16.1. The molecule has 1 aromatic rings. The number of methoxy groups -OCH3 is 1. The van der Waals surface area contributed by atoms with Crippen molar-refractivity contribution in [3.63, 3.8) is 0 Å². The monoisotopic (exact) mass is 306 g/mol. The predicted molar refractivity (Wildman–Crippen MR) is 91.9 cm³/mol. The molecule has 0 aromatic heterocycles. The fourth-order valence-electron chi connectivity index (χ4n) is 2.77. The van der Waals surface area contributed by atoms with Crippen LogP contribution >= 0.6 is 12.2 Å². The Bertz CT molecular complexity index is 425. The molecule has 21 heavy (non-hydrogen) atoms. The van der Waals surface area contributed by atoms with Crippen molar-refractivity contribution in [1.29, 1.82) is 0 Å². The van der Waals surface area contributed by atoms with Gasteiger partial charge in [-0.15, -0.1) is 0 Å². The van der Waals surface area contributed by atoms with Crippen LogP contribution in [0.25, 0.3) is 0 Å². The second kappa shape index (κ2) is 8.88. The van der Waals surface area contributed by atoms with Gasteiger partial charge in [-0.05, 0) is 49.2 Å². The van der Waals surface area contributed by atoms with Crippen molar-refractivity contribution in [2.24, 2.45) is 0 Å². The number of hydrogen-bond donors (Lipinski definition) is 2. The summed E-state index contributed by atoms with van der Waals surface area (Å²) in [6.07, 6.45) is 8.86. The fourth-order valence-corrected chi connectivity index (χ4v) is 3.04. The molecule has 0 unspecified atom stereocenters. The molecule has 0 aliphatic heterocycles. The maximum Gasteiger partial charge on any atom is 0.166 e. The Hall–Kier alpha value is -1.29. The van der Waals surface area contributed by atoms with E-state index in [1.807, 2.05) is 12.1 Å². The number of ether oxygens (including phenoxy) is 1. The lowest BCUT2D eigenvalue weighted by molar-refractivity contribution is 0.414. The molecule has 1 aliphatic carbocycles. The molecular formula is C17H26N2OS. The third-order valence-corrected chi connectivity index (χ3v) is 4.31. The molecule has 0 atom stereocenters. The molecular weight excluding hydrogens is 280 g/mol. The molecule has 3 nitrogen and oxygen atoms in total. The van der Waals surface area contributed by atoms with E-state index in [0.717, 1.165) is 23.8 Å². The van der Waals surface area contributed by atoms with Crippen LogP contribution in [0, 0.1) is 0 Å². The van der Waals surface area contributed by atoms with Crippen molar-refractivity contribution < 1.29 is 4.74 Å². The summed E-state index contributed by atoms with van der Waals surface area (Å²) in [5, 5.41) is 7.58. The van der Waals surface area contributed by atoms with E-state index in [0.29, 0.717) is 6.04 Å². The second-order valence-corrected chi connectivity index (χ2v) is 6.10. The van der Waals surface area contributed by atoms with E-state index < -0.39 is 0 Å². The minimum Gasteiger partial charge on any atom is -0.497 e.